The molecular weight excluding hydrogens is 302 g/mol. The molecule has 5 heteroatoms. The Morgan fingerprint density at radius 2 is 1.82 bits per heavy atom. The lowest BCUT2D eigenvalue weighted by Crippen LogP contribution is -2.40. The molecule has 0 heterocycles. The van der Waals surface area contributed by atoms with Crippen LogP contribution in [0.1, 0.15) is 12.5 Å². The number of nitrogens with zero attached hydrogens (tertiary/aromatic N) is 1. The lowest BCUT2D eigenvalue weighted by Gasteiger charge is -2.25. The van der Waals surface area contributed by atoms with E-state index >= 15 is 0 Å². The van der Waals surface area contributed by atoms with E-state index in [2.05, 4.69) is 0 Å². The molecule has 2 aromatic carbocycles. The average Bonchev–Trinajstić information content (AvgIpc) is 2.55. The van der Waals surface area contributed by atoms with Gasteiger partial charge in [0.1, 0.15) is 12.9 Å². The second kappa shape index (κ2) is 7.61. The first-order valence-electron chi connectivity index (χ1n) is 6.82. The normalized spacial score (nSPS) is 11.5. The van der Waals surface area contributed by atoms with Crippen molar-refractivity contribution in [1.82, 2.24) is 0 Å². The molecule has 0 fully saturated rings. The number of carbonyl (C=O) groups is 2. The molecule has 114 valence electrons. The van der Waals surface area contributed by atoms with Crippen molar-refractivity contribution in [3.8, 4) is 0 Å². The highest BCUT2D eigenvalue weighted by atomic mass is 35.5. The second-order valence-corrected chi connectivity index (χ2v) is 5.20. The molecule has 0 radical (unpaired) electrons. The first kappa shape index (κ1) is 16.0. The third-order valence-corrected chi connectivity index (χ3v) is 3.36. The second-order valence-electron chi connectivity index (χ2n) is 4.76. The standard InChI is InChI=1S/C17H16ClNO3/c1-13(11-20)19(16-9-7-15(18)8-10-16)17(21)22-12-14-5-3-2-4-6-14/h2-11,13H,12H2,1H3/t13-/m0/s1. The molecule has 0 aliphatic heterocycles. The maximum Gasteiger partial charge on any atom is 0.415 e. The summed E-state index contributed by atoms with van der Waals surface area (Å²) in [5.41, 5.74) is 1.44. The monoisotopic (exact) mass is 317 g/mol. The lowest BCUT2D eigenvalue weighted by molar-refractivity contribution is -0.108. The SMILES string of the molecule is C[C@@H](C=O)N(C(=O)OCc1ccccc1)c1ccc(Cl)cc1. The van der Waals surface area contributed by atoms with Gasteiger partial charge in [-0.05, 0) is 36.8 Å². The van der Waals surface area contributed by atoms with Crippen LogP contribution < -0.4 is 4.90 Å². The van der Waals surface area contributed by atoms with Gasteiger partial charge in [-0.25, -0.2) is 4.79 Å². The minimum absolute atomic E-state index is 0.148. The van der Waals surface area contributed by atoms with Crippen LogP contribution >= 0.6 is 11.6 Å². The Bertz CT molecular complexity index is 628. The third-order valence-electron chi connectivity index (χ3n) is 3.11. The number of carbonyl (C=O) groups excluding carboxylic acids is 2. The summed E-state index contributed by atoms with van der Waals surface area (Å²) in [6.45, 7) is 1.78. The molecule has 4 nitrogen and oxygen atoms in total. The molecule has 22 heavy (non-hydrogen) atoms. The largest absolute Gasteiger partial charge is 0.444 e. The Kier molecular flexibility index (Phi) is 5.55. The fraction of sp³-hybridized carbons (Fsp3) is 0.176. The van der Waals surface area contributed by atoms with Crippen molar-refractivity contribution in [3.05, 3.63) is 65.2 Å². The Balaban J connectivity index is 2.13. The van der Waals surface area contributed by atoms with Crippen molar-refractivity contribution >= 4 is 29.7 Å². The van der Waals surface area contributed by atoms with E-state index < -0.39 is 12.1 Å². The topological polar surface area (TPSA) is 46.6 Å². The van der Waals surface area contributed by atoms with Gasteiger partial charge in [-0.3, -0.25) is 4.90 Å². The summed E-state index contributed by atoms with van der Waals surface area (Å²) in [5.74, 6) is 0. The summed E-state index contributed by atoms with van der Waals surface area (Å²) in [6, 6.07) is 15.4. The smallest absolute Gasteiger partial charge is 0.415 e. The van der Waals surface area contributed by atoms with Gasteiger partial charge in [0.2, 0.25) is 0 Å². The van der Waals surface area contributed by atoms with E-state index in [0.717, 1.165) is 5.56 Å². The first-order chi connectivity index (χ1) is 10.6. The summed E-state index contributed by atoms with van der Waals surface area (Å²) in [5, 5.41) is 0.556. The maximum absolute atomic E-state index is 12.3. The van der Waals surface area contributed by atoms with Crippen molar-refractivity contribution in [3.63, 3.8) is 0 Å². The molecular formula is C17H16ClNO3. The number of hydrogen-bond acceptors (Lipinski definition) is 3. The highest BCUT2D eigenvalue weighted by Crippen LogP contribution is 2.21. The van der Waals surface area contributed by atoms with E-state index in [1.807, 2.05) is 30.3 Å². The van der Waals surface area contributed by atoms with Gasteiger partial charge >= 0.3 is 6.09 Å². The Labute approximate surface area is 134 Å². The fourth-order valence-corrected chi connectivity index (χ4v) is 2.08. The van der Waals surface area contributed by atoms with Crippen LogP contribution in [-0.2, 0) is 16.1 Å². The van der Waals surface area contributed by atoms with Gasteiger partial charge < -0.3 is 9.53 Å². The van der Waals surface area contributed by atoms with Crippen LogP contribution in [0, 0.1) is 0 Å². The highest BCUT2D eigenvalue weighted by molar-refractivity contribution is 6.30. The highest BCUT2D eigenvalue weighted by Gasteiger charge is 2.23. The number of amides is 1. The van der Waals surface area contributed by atoms with E-state index in [4.69, 9.17) is 16.3 Å². The van der Waals surface area contributed by atoms with Crippen LogP contribution in [0.25, 0.3) is 0 Å². The third kappa shape index (κ3) is 4.09. The Morgan fingerprint density at radius 3 is 2.41 bits per heavy atom. The minimum atomic E-state index is -0.635. The summed E-state index contributed by atoms with van der Waals surface area (Å²) in [6.07, 6.45) is 0.115. The summed E-state index contributed by atoms with van der Waals surface area (Å²) in [4.78, 5) is 24.7. The number of aldehydes is 1. The summed E-state index contributed by atoms with van der Waals surface area (Å²) < 4.78 is 5.29. The van der Waals surface area contributed by atoms with Gasteiger partial charge in [0.05, 0.1) is 6.04 Å². The van der Waals surface area contributed by atoms with Crippen LogP contribution in [0.15, 0.2) is 54.6 Å². The lowest BCUT2D eigenvalue weighted by atomic mass is 10.2. The van der Waals surface area contributed by atoms with Crippen LogP contribution in [0.3, 0.4) is 0 Å². The molecule has 0 saturated heterocycles. The number of ether oxygens (including phenoxy) is 1. The summed E-state index contributed by atoms with van der Waals surface area (Å²) in [7, 11) is 0. The molecule has 0 bridgehead atoms. The molecule has 1 amide bonds. The summed E-state index contributed by atoms with van der Waals surface area (Å²) >= 11 is 5.85. The Hall–Kier alpha value is -2.33. The zero-order valence-electron chi connectivity index (χ0n) is 12.1. The van der Waals surface area contributed by atoms with E-state index in [9.17, 15) is 9.59 Å². The molecule has 0 spiro atoms. The van der Waals surface area contributed by atoms with Crippen molar-refractivity contribution < 1.29 is 14.3 Å². The molecule has 0 aliphatic rings. The molecule has 2 aromatic rings. The van der Waals surface area contributed by atoms with Crippen LogP contribution in [0.5, 0.6) is 0 Å². The number of benzene rings is 2. The molecule has 0 aliphatic carbocycles. The van der Waals surface area contributed by atoms with Gasteiger partial charge in [-0.2, -0.15) is 0 Å². The van der Waals surface area contributed by atoms with E-state index in [0.29, 0.717) is 17.0 Å². The van der Waals surface area contributed by atoms with Crippen LogP contribution in [0.2, 0.25) is 5.02 Å². The zero-order chi connectivity index (χ0) is 15.9. The number of rotatable bonds is 5. The van der Waals surface area contributed by atoms with Gasteiger partial charge in [-0.15, -0.1) is 0 Å². The van der Waals surface area contributed by atoms with Gasteiger partial charge in [-0.1, -0.05) is 41.9 Å². The van der Waals surface area contributed by atoms with Crippen LogP contribution in [-0.4, -0.2) is 18.4 Å². The predicted molar refractivity (Wildman–Crippen MR) is 86.1 cm³/mol. The number of anilines is 1. The number of halogens is 1. The fourth-order valence-electron chi connectivity index (χ4n) is 1.96. The van der Waals surface area contributed by atoms with E-state index in [1.165, 1.54) is 4.90 Å². The molecule has 0 N–H and O–H groups in total. The predicted octanol–water partition coefficient (Wildman–Crippen LogP) is 4.07. The van der Waals surface area contributed by atoms with Gasteiger partial charge in [0.15, 0.2) is 0 Å². The molecule has 0 saturated carbocycles. The van der Waals surface area contributed by atoms with Crippen molar-refractivity contribution in [2.75, 3.05) is 4.90 Å². The van der Waals surface area contributed by atoms with E-state index in [-0.39, 0.29) is 6.61 Å². The van der Waals surface area contributed by atoms with Crippen LogP contribution in [0.4, 0.5) is 10.5 Å². The van der Waals surface area contributed by atoms with Gasteiger partial charge in [0.25, 0.3) is 0 Å². The first-order valence-corrected chi connectivity index (χ1v) is 7.20. The molecule has 1 atom stereocenters. The Morgan fingerprint density at radius 1 is 1.18 bits per heavy atom. The van der Waals surface area contributed by atoms with E-state index in [1.54, 1.807) is 31.2 Å². The quantitative estimate of drug-likeness (QED) is 0.781. The number of hydrogen-bond donors (Lipinski definition) is 0. The van der Waals surface area contributed by atoms with Gasteiger partial charge in [0, 0.05) is 10.7 Å². The van der Waals surface area contributed by atoms with Crippen molar-refractivity contribution in [2.45, 2.75) is 19.6 Å². The minimum Gasteiger partial charge on any atom is -0.444 e. The zero-order valence-corrected chi connectivity index (χ0v) is 12.9. The van der Waals surface area contributed by atoms with Crippen molar-refractivity contribution in [1.29, 1.82) is 0 Å². The molecule has 0 unspecified atom stereocenters. The molecule has 2 rings (SSSR count). The maximum atomic E-state index is 12.3. The average molecular weight is 318 g/mol. The van der Waals surface area contributed by atoms with Crippen molar-refractivity contribution in [2.24, 2.45) is 0 Å². The molecule has 0 aromatic heterocycles.